The monoisotopic (exact) mass is 235 g/mol. The SMILES string of the molecule is O=C=NCCCc1ccccc1CCO[SiH3]. The molecule has 0 aliphatic heterocycles. The van der Waals surface area contributed by atoms with Crippen LogP contribution >= 0.6 is 0 Å². The van der Waals surface area contributed by atoms with Gasteiger partial charge in [0.15, 0.2) is 0 Å². The van der Waals surface area contributed by atoms with Gasteiger partial charge in [-0.15, -0.1) is 0 Å². The van der Waals surface area contributed by atoms with Gasteiger partial charge in [-0.1, -0.05) is 24.3 Å². The van der Waals surface area contributed by atoms with Crippen molar-refractivity contribution in [3.05, 3.63) is 35.4 Å². The topological polar surface area (TPSA) is 38.7 Å². The number of benzene rings is 1. The van der Waals surface area contributed by atoms with Crippen LogP contribution in [0.15, 0.2) is 29.3 Å². The highest BCUT2D eigenvalue weighted by Gasteiger charge is 2.00. The van der Waals surface area contributed by atoms with E-state index in [1.807, 2.05) is 6.07 Å². The Balaban J connectivity index is 2.52. The smallest absolute Gasteiger partial charge is 0.234 e. The Morgan fingerprint density at radius 3 is 2.56 bits per heavy atom. The van der Waals surface area contributed by atoms with Gasteiger partial charge in [-0.2, -0.15) is 0 Å². The van der Waals surface area contributed by atoms with Gasteiger partial charge >= 0.3 is 0 Å². The number of carbonyl (C=O) groups excluding carboxylic acids is 1. The van der Waals surface area contributed by atoms with E-state index in [1.54, 1.807) is 6.08 Å². The molecule has 1 rings (SSSR count). The van der Waals surface area contributed by atoms with Crippen LogP contribution in [0.2, 0.25) is 0 Å². The lowest BCUT2D eigenvalue weighted by atomic mass is 10.0. The van der Waals surface area contributed by atoms with Crippen molar-refractivity contribution in [1.82, 2.24) is 0 Å². The highest BCUT2D eigenvalue weighted by atomic mass is 28.2. The third-order valence-electron chi connectivity index (χ3n) is 2.47. The summed E-state index contributed by atoms with van der Waals surface area (Å²) in [6.45, 7) is 1.37. The Kier molecular flexibility index (Phi) is 6.41. The second-order valence-electron chi connectivity index (χ2n) is 3.59. The first-order chi connectivity index (χ1) is 7.88. The second kappa shape index (κ2) is 7.99. The average molecular weight is 235 g/mol. The minimum atomic E-state index is 0.565. The van der Waals surface area contributed by atoms with Crippen LogP contribution in [0, 0.1) is 0 Å². The summed E-state index contributed by atoms with van der Waals surface area (Å²) in [6, 6.07) is 8.37. The van der Waals surface area contributed by atoms with Gasteiger partial charge in [0.25, 0.3) is 0 Å². The summed E-state index contributed by atoms with van der Waals surface area (Å²) in [4.78, 5) is 13.5. The first kappa shape index (κ1) is 12.8. The van der Waals surface area contributed by atoms with Gasteiger partial charge < -0.3 is 4.43 Å². The third-order valence-corrected chi connectivity index (χ3v) is 2.88. The van der Waals surface area contributed by atoms with Gasteiger partial charge in [-0.3, -0.25) is 0 Å². The van der Waals surface area contributed by atoms with Gasteiger partial charge in [0.05, 0.1) is 6.54 Å². The van der Waals surface area contributed by atoms with Crippen LogP contribution in [0.4, 0.5) is 0 Å². The highest BCUT2D eigenvalue weighted by molar-refractivity contribution is 5.97. The molecule has 4 heteroatoms. The largest absolute Gasteiger partial charge is 0.428 e. The minimum absolute atomic E-state index is 0.565. The standard InChI is InChI=1S/C12H17NO2Si/c14-10-13-8-3-6-11-4-1-2-5-12(11)7-9-15-16/h1-2,4-5H,3,6-9H2,16H3. The summed E-state index contributed by atoms with van der Waals surface area (Å²) >= 11 is 0. The lowest BCUT2D eigenvalue weighted by Crippen LogP contribution is -2.00. The van der Waals surface area contributed by atoms with E-state index in [0.29, 0.717) is 6.54 Å². The molecule has 0 aliphatic carbocycles. The summed E-state index contributed by atoms with van der Waals surface area (Å²) in [5, 5.41) is 0. The number of hydrogen-bond donors (Lipinski definition) is 0. The van der Waals surface area contributed by atoms with Crippen molar-refractivity contribution in [3.8, 4) is 0 Å². The van der Waals surface area contributed by atoms with Crippen molar-refractivity contribution in [3.63, 3.8) is 0 Å². The van der Waals surface area contributed by atoms with E-state index in [4.69, 9.17) is 4.43 Å². The first-order valence-electron chi connectivity index (χ1n) is 5.48. The second-order valence-corrected chi connectivity index (χ2v) is 4.17. The van der Waals surface area contributed by atoms with E-state index in [1.165, 1.54) is 11.1 Å². The Bertz CT molecular complexity index is 362. The molecule has 0 spiro atoms. The zero-order chi connectivity index (χ0) is 11.6. The molecule has 1 aromatic rings. The molecule has 0 aromatic heterocycles. The van der Waals surface area contributed by atoms with E-state index in [2.05, 4.69) is 23.2 Å². The molecule has 0 aliphatic rings. The van der Waals surface area contributed by atoms with E-state index < -0.39 is 0 Å². The molecule has 0 radical (unpaired) electrons. The molecule has 16 heavy (non-hydrogen) atoms. The lowest BCUT2D eigenvalue weighted by Gasteiger charge is -2.08. The summed E-state index contributed by atoms with van der Waals surface area (Å²) in [7, 11) is 0.794. The molecule has 3 nitrogen and oxygen atoms in total. The molecular weight excluding hydrogens is 218 g/mol. The molecule has 1 aromatic carbocycles. The first-order valence-corrected chi connectivity index (χ1v) is 6.29. The Morgan fingerprint density at radius 2 is 1.94 bits per heavy atom. The predicted octanol–water partition coefficient (Wildman–Crippen LogP) is 0.794. The molecule has 0 amide bonds. The Morgan fingerprint density at radius 1 is 1.25 bits per heavy atom. The van der Waals surface area contributed by atoms with Crippen LogP contribution in [0.1, 0.15) is 17.5 Å². The number of aryl methyl sites for hydroxylation is 1. The van der Waals surface area contributed by atoms with Gasteiger partial charge in [-0.25, -0.2) is 9.79 Å². The summed E-state index contributed by atoms with van der Waals surface area (Å²) in [5.74, 6) is 0. The van der Waals surface area contributed by atoms with E-state index in [0.717, 1.165) is 36.4 Å². The Hall–Kier alpha value is -1.22. The fraction of sp³-hybridized carbons (Fsp3) is 0.417. The molecule has 0 bridgehead atoms. The molecule has 0 saturated carbocycles. The zero-order valence-corrected chi connectivity index (χ0v) is 11.6. The summed E-state index contributed by atoms with van der Waals surface area (Å²) in [5.41, 5.74) is 2.68. The maximum atomic E-state index is 9.92. The van der Waals surface area contributed by atoms with Gasteiger partial charge in [0, 0.05) is 6.61 Å². The number of isocyanates is 1. The van der Waals surface area contributed by atoms with Crippen molar-refractivity contribution in [2.75, 3.05) is 13.2 Å². The van der Waals surface area contributed by atoms with Crippen molar-refractivity contribution in [2.45, 2.75) is 19.3 Å². The number of rotatable bonds is 7. The molecule has 0 heterocycles. The molecular formula is C12H17NO2Si. The molecule has 0 atom stereocenters. The molecule has 0 unspecified atom stereocenters. The Labute approximate surface area is 99.1 Å². The fourth-order valence-corrected chi connectivity index (χ4v) is 1.86. The van der Waals surface area contributed by atoms with Gasteiger partial charge in [-0.05, 0) is 30.4 Å². The summed E-state index contributed by atoms with van der Waals surface area (Å²) in [6.07, 6.45) is 4.39. The maximum absolute atomic E-state index is 9.92. The van der Waals surface area contributed by atoms with Gasteiger partial charge in [0.1, 0.15) is 10.5 Å². The van der Waals surface area contributed by atoms with E-state index >= 15 is 0 Å². The number of hydrogen-bond acceptors (Lipinski definition) is 3. The number of aliphatic imine (C=N–C) groups is 1. The number of nitrogens with zero attached hydrogens (tertiary/aromatic N) is 1. The third kappa shape index (κ3) is 4.53. The minimum Gasteiger partial charge on any atom is -0.428 e. The van der Waals surface area contributed by atoms with Crippen LogP contribution in [-0.4, -0.2) is 29.7 Å². The molecule has 0 saturated heterocycles. The van der Waals surface area contributed by atoms with Crippen molar-refractivity contribution >= 4 is 16.6 Å². The fourth-order valence-electron chi connectivity index (χ4n) is 1.65. The lowest BCUT2D eigenvalue weighted by molar-refractivity contribution is 0.354. The maximum Gasteiger partial charge on any atom is 0.234 e. The normalized spacial score (nSPS) is 10.0. The predicted molar refractivity (Wildman–Crippen MR) is 67.3 cm³/mol. The zero-order valence-electron chi connectivity index (χ0n) is 9.61. The van der Waals surface area contributed by atoms with Crippen molar-refractivity contribution in [1.29, 1.82) is 0 Å². The van der Waals surface area contributed by atoms with Gasteiger partial charge in [0.2, 0.25) is 6.08 Å². The summed E-state index contributed by atoms with van der Waals surface area (Å²) < 4.78 is 5.21. The molecule has 0 fully saturated rings. The molecule has 86 valence electrons. The van der Waals surface area contributed by atoms with Crippen LogP contribution in [0.5, 0.6) is 0 Å². The van der Waals surface area contributed by atoms with Crippen LogP contribution in [-0.2, 0) is 22.1 Å². The quantitative estimate of drug-likeness (QED) is 0.303. The average Bonchev–Trinajstić information content (AvgIpc) is 2.33. The van der Waals surface area contributed by atoms with E-state index in [-0.39, 0.29) is 0 Å². The highest BCUT2D eigenvalue weighted by Crippen LogP contribution is 2.11. The van der Waals surface area contributed by atoms with Crippen molar-refractivity contribution < 1.29 is 9.22 Å². The van der Waals surface area contributed by atoms with Crippen LogP contribution < -0.4 is 0 Å². The van der Waals surface area contributed by atoms with E-state index in [9.17, 15) is 4.79 Å². The van der Waals surface area contributed by atoms with Crippen molar-refractivity contribution in [2.24, 2.45) is 4.99 Å². The van der Waals surface area contributed by atoms with Crippen LogP contribution in [0.3, 0.4) is 0 Å². The van der Waals surface area contributed by atoms with Crippen LogP contribution in [0.25, 0.3) is 0 Å². The molecule has 0 N–H and O–H groups in total.